The summed E-state index contributed by atoms with van der Waals surface area (Å²) in [6, 6.07) is 6.64. The molecule has 0 aromatic heterocycles. The molecular formula is C12H18BrN3. The van der Waals surface area contributed by atoms with E-state index in [4.69, 9.17) is 5.73 Å². The SMILES string of the molecule is C[C@H]1CN(C)CCN1c1ccc(Br)cc1N. The van der Waals surface area contributed by atoms with Gasteiger partial charge in [0.1, 0.15) is 0 Å². The van der Waals surface area contributed by atoms with Crippen molar-refractivity contribution in [1.29, 1.82) is 0 Å². The Bertz CT molecular complexity index is 381. The maximum atomic E-state index is 6.06. The summed E-state index contributed by atoms with van der Waals surface area (Å²) in [6.45, 7) is 5.48. The molecule has 88 valence electrons. The predicted molar refractivity (Wildman–Crippen MR) is 72.9 cm³/mol. The number of anilines is 2. The average Bonchev–Trinajstić information content (AvgIpc) is 2.19. The van der Waals surface area contributed by atoms with Crippen LogP contribution in [-0.2, 0) is 0 Å². The fourth-order valence-electron chi connectivity index (χ4n) is 2.28. The zero-order chi connectivity index (χ0) is 11.7. The summed E-state index contributed by atoms with van der Waals surface area (Å²) in [5, 5.41) is 0. The number of likely N-dealkylation sites (N-methyl/N-ethyl adjacent to an activating group) is 1. The second-order valence-corrected chi connectivity index (χ2v) is 5.42. The molecule has 1 atom stereocenters. The maximum Gasteiger partial charge on any atom is 0.0604 e. The fourth-order valence-corrected chi connectivity index (χ4v) is 2.66. The molecule has 4 heteroatoms. The molecule has 1 aliphatic rings. The second-order valence-electron chi connectivity index (χ2n) is 4.51. The van der Waals surface area contributed by atoms with Gasteiger partial charge in [0.15, 0.2) is 0 Å². The Morgan fingerprint density at radius 1 is 1.38 bits per heavy atom. The highest BCUT2D eigenvalue weighted by atomic mass is 79.9. The van der Waals surface area contributed by atoms with E-state index in [9.17, 15) is 0 Å². The van der Waals surface area contributed by atoms with Crippen LogP contribution in [0.2, 0.25) is 0 Å². The third kappa shape index (κ3) is 2.33. The van der Waals surface area contributed by atoms with Gasteiger partial charge in [0.05, 0.1) is 11.4 Å². The average molecular weight is 284 g/mol. The van der Waals surface area contributed by atoms with E-state index in [-0.39, 0.29) is 0 Å². The number of nitrogens with zero attached hydrogens (tertiary/aromatic N) is 2. The third-order valence-electron chi connectivity index (χ3n) is 3.13. The van der Waals surface area contributed by atoms with Crippen molar-refractivity contribution >= 4 is 27.3 Å². The molecule has 1 fully saturated rings. The number of hydrogen-bond acceptors (Lipinski definition) is 3. The summed E-state index contributed by atoms with van der Waals surface area (Å²) in [5.41, 5.74) is 8.07. The summed E-state index contributed by atoms with van der Waals surface area (Å²) >= 11 is 3.44. The van der Waals surface area contributed by atoms with E-state index in [1.807, 2.05) is 6.07 Å². The molecule has 2 N–H and O–H groups in total. The largest absolute Gasteiger partial charge is 0.397 e. The first kappa shape index (κ1) is 11.7. The lowest BCUT2D eigenvalue weighted by Crippen LogP contribution is -2.50. The normalized spacial score (nSPS) is 22.4. The molecule has 1 saturated heterocycles. The van der Waals surface area contributed by atoms with E-state index in [0.717, 1.165) is 35.5 Å². The van der Waals surface area contributed by atoms with Crippen LogP contribution in [0.1, 0.15) is 6.92 Å². The maximum absolute atomic E-state index is 6.06. The highest BCUT2D eigenvalue weighted by molar-refractivity contribution is 9.10. The van der Waals surface area contributed by atoms with Gasteiger partial charge in [0.2, 0.25) is 0 Å². The van der Waals surface area contributed by atoms with Crippen molar-refractivity contribution < 1.29 is 0 Å². The third-order valence-corrected chi connectivity index (χ3v) is 3.62. The van der Waals surface area contributed by atoms with Crippen LogP contribution in [0.25, 0.3) is 0 Å². The number of halogens is 1. The Morgan fingerprint density at radius 3 is 2.75 bits per heavy atom. The molecule has 0 saturated carbocycles. The quantitative estimate of drug-likeness (QED) is 0.802. The fraction of sp³-hybridized carbons (Fsp3) is 0.500. The van der Waals surface area contributed by atoms with E-state index in [2.05, 4.69) is 51.8 Å². The topological polar surface area (TPSA) is 32.5 Å². The number of nitrogen functional groups attached to an aromatic ring is 1. The molecule has 1 aromatic carbocycles. The lowest BCUT2D eigenvalue weighted by Gasteiger charge is -2.40. The Hall–Kier alpha value is -0.740. The van der Waals surface area contributed by atoms with Gasteiger partial charge >= 0.3 is 0 Å². The highest BCUT2D eigenvalue weighted by Crippen LogP contribution is 2.29. The molecule has 0 bridgehead atoms. The summed E-state index contributed by atoms with van der Waals surface area (Å²) in [7, 11) is 2.17. The van der Waals surface area contributed by atoms with E-state index < -0.39 is 0 Å². The van der Waals surface area contributed by atoms with Crippen molar-refractivity contribution in [2.45, 2.75) is 13.0 Å². The van der Waals surface area contributed by atoms with Gasteiger partial charge in [-0.25, -0.2) is 0 Å². The van der Waals surface area contributed by atoms with Gasteiger partial charge in [-0.05, 0) is 32.2 Å². The van der Waals surface area contributed by atoms with Gasteiger partial charge in [-0.15, -0.1) is 0 Å². The molecule has 0 unspecified atom stereocenters. The Morgan fingerprint density at radius 2 is 2.12 bits per heavy atom. The molecule has 2 rings (SSSR count). The summed E-state index contributed by atoms with van der Waals surface area (Å²) < 4.78 is 1.04. The van der Waals surface area contributed by atoms with E-state index >= 15 is 0 Å². The minimum absolute atomic E-state index is 0.516. The lowest BCUT2D eigenvalue weighted by molar-refractivity contribution is 0.276. The van der Waals surface area contributed by atoms with Crippen LogP contribution in [0.15, 0.2) is 22.7 Å². The minimum Gasteiger partial charge on any atom is -0.397 e. The highest BCUT2D eigenvalue weighted by Gasteiger charge is 2.22. The predicted octanol–water partition coefficient (Wildman–Crippen LogP) is 2.17. The van der Waals surface area contributed by atoms with Gasteiger partial charge in [-0.2, -0.15) is 0 Å². The first-order chi connectivity index (χ1) is 7.58. The molecule has 16 heavy (non-hydrogen) atoms. The van der Waals surface area contributed by atoms with E-state index in [0.29, 0.717) is 6.04 Å². The molecule has 1 aliphatic heterocycles. The summed E-state index contributed by atoms with van der Waals surface area (Å²) in [4.78, 5) is 4.75. The Labute approximate surface area is 105 Å². The zero-order valence-electron chi connectivity index (χ0n) is 9.78. The van der Waals surface area contributed by atoms with Gasteiger partial charge < -0.3 is 15.5 Å². The minimum atomic E-state index is 0.516. The first-order valence-corrected chi connectivity index (χ1v) is 6.37. The van der Waals surface area contributed by atoms with Crippen LogP contribution in [-0.4, -0.2) is 37.6 Å². The monoisotopic (exact) mass is 283 g/mol. The summed E-state index contributed by atoms with van der Waals surface area (Å²) in [5.74, 6) is 0. The molecule has 0 amide bonds. The van der Waals surface area contributed by atoms with Crippen LogP contribution < -0.4 is 10.6 Å². The van der Waals surface area contributed by atoms with Crippen molar-refractivity contribution in [3.05, 3.63) is 22.7 Å². The zero-order valence-corrected chi connectivity index (χ0v) is 11.4. The number of piperazine rings is 1. The van der Waals surface area contributed by atoms with Crippen molar-refractivity contribution in [1.82, 2.24) is 4.90 Å². The van der Waals surface area contributed by atoms with Gasteiger partial charge in [0, 0.05) is 30.1 Å². The van der Waals surface area contributed by atoms with Crippen molar-refractivity contribution in [2.75, 3.05) is 37.3 Å². The molecule has 0 aliphatic carbocycles. The van der Waals surface area contributed by atoms with Crippen molar-refractivity contribution in [2.24, 2.45) is 0 Å². The van der Waals surface area contributed by atoms with Gasteiger partial charge in [0.25, 0.3) is 0 Å². The van der Waals surface area contributed by atoms with Crippen LogP contribution >= 0.6 is 15.9 Å². The molecule has 1 aromatic rings. The standard InChI is InChI=1S/C12H18BrN3/c1-9-8-15(2)5-6-16(9)12-4-3-10(13)7-11(12)14/h3-4,7,9H,5-6,8,14H2,1-2H3/t9-/m0/s1. The lowest BCUT2D eigenvalue weighted by atomic mass is 10.1. The Balaban J connectivity index is 2.23. The molecule has 1 heterocycles. The molecule has 0 spiro atoms. The number of rotatable bonds is 1. The van der Waals surface area contributed by atoms with Gasteiger partial charge in [-0.1, -0.05) is 15.9 Å². The number of benzene rings is 1. The summed E-state index contributed by atoms with van der Waals surface area (Å²) in [6.07, 6.45) is 0. The van der Waals surface area contributed by atoms with Crippen molar-refractivity contribution in [3.8, 4) is 0 Å². The molecule has 3 nitrogen and oxygen atoms in total. The van der Waals surface area contributed by atoms with Crippen LogP contribution in [0, 0.1) is 0 Å². The first-order valence-electron chi connectivity index (χ1n) is 5.58. The van der Waals surface area contributed by atoms with E-state index in [1.54, 1.807) is 0 Å². The van der Waals surface area contributed by atoms with Crippen LogP contribution in [0.5, 0.6) is 0 Å². The Kier molecular flexibility index (Phi) is 3.40. The second kappa shape index (κ2) is 4.63. The van der Waals surface area contributed by atoms with Crippen LogP contribution in [0.3, 0.4) is 0 Å². The van der Waals surface area contributed by atoms with Gasteiger partial charge in [-0.3, -0.25) is 0 Å². The number of hydrogen-bond donors (Lipinski definition) is 1. The number of nitrogens with two attached hydrogens (primary N) is 1. The molecule has 0 radical (unpaired) electrons. The smallest absolute Gasteiger partial charge is 0.0604 e. The van der Waals surface area contributed by atoms with Crippen LogP contribution in [0.4, 0.5) is 11.4 Å². The molecular weight excluding hydrogens is 266 g/mol. The van der Waals surface area contributed by atoms with Crippen molar-refractivity contribution in [3.63, 3.8) is 0 Å². The van der Waals surface area contributed by atoms with E-state index in [1.165, 1.54) is 0 Å².